The average Bonchev–Trinajstić information content (AvgIpc) is 2.88. The quantitative estimate of drug-likeness (QED) is 0.202. The lowest BCUT2D eigenvalue weighted by atomic mass is 10.0. The number of carbonyl (C=O) groups excluding carboxylic acids is 2. The summed E-state index contributed by atoms with van der Waals surface area (Å²) in [5, 5.41) is 18.0. The number of hydrogen-bond donors (Lipinski definition) is 2. The molecule has 0 aromatic heterocycles. The van der Waals surface area contributed by atoms with Gasteiger partial charge in [-0.05, 0) is 71.6 Å². The minimum Gasteiger partial charge on any atom is -0.489 e. The first kappa shape index (κ1) is 27.6. The monoisotopic (exact) mass is 542 g/mol. The molecule has 37 heavy (non-hydrogen) atoms. The van der Waals surface area contributed by atoms with Gasteiger partial charge in [0.1, 0.15) is 18.4 Å². The Bertz CT molecular complexity index is 1300. The molecule has 0 saturated heterocycles. The van der Waals surface area contributed by atoms with Crippen molar-refractivity contribution in [1.82, 2.24) is 10.7 Å². The van der Waals surface area contributed by atoms with E-state index in [1.54, 1.807) is 50.2 Å². The molecule has 2 amide bonds. The summed E-state index contributed by atoms with van der Waals surface area (Å²) in [6.07, 6.45) is 1.47. The second-order valence-corrected chi connectivity index (χ2v) is 9.15. The molecule has 2 N–H and O–H groups in total. The van der Waals surface area contributed by atoms with Crippen molar-refractivity contribution in [3.63, 3.8) is 0 Å². The summed E-state index contributed by atoms with van der Waals surface area (Å²) < 4.78 is 5.70. The van der Waals surface area contributed by atoms with Gasteiger partial charge in [0.15, 0.2) is 0 Å². The Labute approximate surface area is 223 Å². The van der Waals surface area contributed by atoms with Crippen LogP contribution in [0.4, 0.5) is 5.69 Å². The number of hydrazone groups is 1. The summed E-state index contributed by atoms with van der Waals surface area (Å²) in [5.41, 5.74) is 4.27. The number of nitrogens with zero attached hydrogens (tertiary/aromatic N) is 2. The molecule has 192 valence electrons. The molecule has 0 aliphatic carbocycles. The van der Waals surface area contributed by atoms with Crippen molar-refractivity contribution in [2.75, 3.05) is 0 Å². The number of nitrogens with one attached hydrogen (secondary N) is 2. The smallest absolute Gasteiger partial charge is 0.269 e. The predicted octanol–water partition coefficient (Wildman–Crippen LogP) is 5.39. The molecular weight excluding hydrogens is 519 g/mol. The van der Waals surface area contributed by atoms with E-state index in [9.17, 15) is 19.7 Å². The molecule has 0 saturated carbocycles. The number of halogens is 2. The number of carbonyl (C=O) groups is 2. The highest BCUT2D eigenvalue weighted by molar-refractivity contribution is 6.42. The van der Waals surface area contributed by atoms with Gasteiger partial charge in [-0.3, -0.25) is 19.7 Å². The van der Waals surface area contributed by atoms with Crippen LogP contribution < -0.4 is 15.5 Å². The van der Waals surface area contributed by atoms with Crippen LogP contribution in [-0.4, -0.2) is 29.0 Å². The second-order valence-electron chi connectivity index (χ2n) is 8.34. The lowest BCUT2D eigenvalue weighted by molar-refractivity contribution is -0.384. The SMILES string of the molecule is CC(C)C(NC(=O)c1ccc(Cl)c(Cl)c1)C(=O)NN=Cc1ccc(OCc2ccc([N+](=O)[O-])cc2)cc1. The maximum absolute atomic E-state index is 12.7. The number of nitro groups is 1. The van der Waals surface area contributed by atoms with Gasteiger partial charge in [0, 0.05) is 17.7 Å². The zero-order chi connectivity index (χ0) is 26.9. The van der Waals surface area contributed by atoms with E-state index >= 15 is 0 Å². The minimum absolute atomic E-state index is 0.0213. The predicted molar refractivity (Wildman–Crippen MR) is 142 cm³/mol. The Hall–Kier alpha value is -3.95. The first-order valence-electron chi connectivity index (χ1n) is 11.2. The molecule has 0 aliphatic rings. The first-order chi connectivity index (χ1) is 17.6. The maximum atomic E-state index is 12.7. The van der Waals surface area contributed by atoms with Crippen molar-refractivity contribution in [2.45, 2.75) is 26.5 Å². The van der Waals surface area contributed by atoms with Crippen LogP contribution in [0.15, 0.2) is 71.8 Å². The van der Waals surface area contributed by atoms with Gasteiger partial charge in [0.05, 0.1) is 21.2 Å². The minimum atomic E-state index is -0.825. The van der Waals surface area contributed by atoms with Crippen molar-refractivity contribution in [2.24, 2.45) is 11.0 Å². The molecule has 0 bridgehead atoms. The zero-order valence-corrected chi connectivity index (χ0v) is 21.5. The highest BCUT2D eigenvalue weighted by atomic mass is 35.5. The molecule has 0 spiro atoms. The van der Waals surface area contributed by atoms with E-state index in [1.165, 1.54) is 36.5 Å². The van der Waals surface area contributed by atoms with E-state index in [4.69, 9.17) is 27.9 Å². The van der Waals surface area contributed by atoms with Gasteiger partial charge in [0.25, 0.3) is 17.5 Å². The molecule has 3 aromatic rings. The Kier molecular flexibility index (Phi) is 9.59. The van der Waals surface area contributed by atoms with Crippen LogP contribution in [-0.2, 0) is 11.4 Å². The van der Waals surface area contributed by atoms with E-state index in [0.717, 1.165) is 5.56 Å². The van der Waals surface area contributed by atoms with Crippen LogP contribution in [0, 0.1) is 16.0 Å². The van der Waals surface area contributed by atoms with Crippen LogP contribution >= 0.6 is 23.2 Å². The fraction of sp³-hybridized carbons (Fsp3) is 0.192. The van der Waals surface area contributed by atoms with Gasteiger partial charge in [-0.15, -0.1) is 0 Å². The molecule has 1 atom stereocenters. The van der Waals surface area contributed by atoms with Crippen LogP contribution in [0.5, 0.6) is 5.75 Å². The molecule has 9 nitrogen and oxygen atoms in total. The summed E-state index contributed by atoms with van der Waals surface area (Å²) in [5.74, 6) is -0.526. The molecule has 3 rings (SSSR count). The first-order valence-corrected chi connectivity index (χ1v) is 11.9. The van der Waals surface area contributed by atoms with E-state index in [0.29, 0.717) is 16.3 Å². The zero-order valence-electron chi connectivity index (χ0n) is 20.0. The van der Waals surface area contributed by atoms with Crippen LogP contribution in [0.3, 0.4) is 0 Å². The molecule has 0 fully saturated rings. The molecule has 3 aromatic carbocycles. The molecule has 1 unspecified atom stereocenters. The van der Waals surface area contributed by atoms with E-state index in [2.05, 4.69) is 15.8 Å². The summed E-state index contributed by atoms with van der Waals surface area (Å²) in [6, 6.07) is 16.8. The number of amides is 2. The third-order valence-corrected chi connectivity index (χ3v) is 5.98. The van der Waals surface area contributed by atoms with Crippen LogP contribution in [0.25, 0.3) is 0 Å². The van der Waals surface area contributed by atoms with Crippen molar-refractivity contribution < 1.29 is 19.2 Å². The van der Waals surface area contributed by atoms with Gasteiger partial charge in [-0.25, -0.2) is 5.43 Å². The third kappa shape index (κ3) is 8.03. The lowest BCUT2D eigenvalue weighted by Gasteiger charge is -2.20. The summed E-state index contributed by atoms with van der Waals surface area (Å²) >= 11 is 11.9. The van der Waals surface area contributed by atoms with Gasteiger partial charge >= 0.3 is 0 Å². The number of nitro benzene ring substituents is 1. The topological polar surface area (TPSA) is 123 Å². The highest BCUT2D eigenvalue weighted by Crippen LogP contribution is 2.22. The molecule has 0 radical (unpaired) electrons. The van der Waals surface area contributed by atoms with Crippen LogP contribution in [0.2, 0.25) is 10.0 Å². The molecular formula is C26H24Cl2N4O5. The fourth-order valence-corrected chi connectivity index (χ4v) is 3.47. The molecule has 11 heteroatoms. The number of hydrogen-bond acceptors (Lipinski definition) is 6. The lowest BCUT2D eigenvalue weighted by Crippen LogP contribution is -2.48. The largest absolute Gasteiger partial charge is 0.489 e. The van der Waals surface area contributed by atoms with Crippen LogP contribution in [0.1, 0.15) is 35.3 Å². The van der Waals surface area contributed by atoms with Crippen molar-refractivity contribution in [1.29, 1.82) is 0 Å². The Morgan fingerprint density at radius 2 is 1.70 bits per heavy atom. The standard InChI is InChI=1S/C26H24Cl2N4O5/c1-16(2)24(30-25(33)19-7-12-22(27)23(28)13-19)26(34)31-29-14-17-5-10-21(11-6-17)37-15-18-3-8-20(9-4-18)32(35)36/h3-14,16,24H,15H2,1-2H3,(H,30,33)(H,31,34). The molecule has 0 aliphatic heterocycles. The van der Waals surface area contributed by atoms with Gasteiger partial charge in [0.2, 0.25) is 0 Å². The highest BCUT2D eigenvalue weighted by Gasteiger charge is 2.24. The summed E-state index contributed by atoms with van der Waals surface area (Å²) in [6.45, 7) is 3.86. The second kappa shape index (κ2) is 12.8. The van der Waals surface area contributed by atoms with Crippen molar-refractivity contribution >= 4 is 46.9 Å². The Morgan fingerprint density at radius 1 is 1.03 bits per heavy atom. The summed E-state index contributed by atoms with van der Waals surface area (Å²) in [4.78, 5) is 35.5. The maximum Gasteiger partial charge on any atom is 0.269 e. The van der Waals surface area contributed by atoms with Crippen molar-refractivity contribution in [3.05, 3.63) is 104 Å². The van der Waals surface area contributed by atoms with E-state index in [1.807, 2.05) is 0 Å². The molecule has 0 heterocycles. The number of non-ortho nitro benzene ring substituents is 1. The summed E-state index contributed by atoms with van der Waals surface area (Å²) in [7, 11) is 0. The van der Waals surface area contributed by atoms with Crippen molar-refractivity contribution in [3.8, 4) is 5.75 Å². The normalized spacial score (nSPS) is 11.8. The fourth-order valence-electron chi connectivity index (χ4n) is 3.17. The van der Waals surface area contributed by atoms with Gasteiger partial charge < -0.3 is 10.1 Å². The third-order valence-electron chi connectivity index (χ3n) is 5.24. The van der Waals surface area contributed by atoms with Gasteiger partial charge in [-0.2, -0.15) is 5.10 Å². The Balaban J connectivity index is 1.52. The van der Waals surface area contributed by atoms with E-state index in [-0.39, 0.29) is 28.8 Å². The van der Waals surface area contributed by atoms with E-state index < -0.39 is 22.8 Å². The number of rotatable bonds is 10. The average molecular weight is 543 g/mol. The number of benzene rings is 3. The Morgan fingerprint density at radius 3 is 2.30 bits per heavy atom. The number of ether oxygens (including phenoxy) is 1. The van der Waals surface area contributed by atoms with Gasteiger partial charge in [-0.1, -0.05) is 37.0 Å².